The van der Waals surface area contributed by atoms with Crippen LogP contribution in [0.25, 0.3) is 0 Å². The molecule has 1 heterocycles. The number of anilines is 2. The van der Waals surface area contributed by atoms with E-state index >= 15 is 0 Å². The van der Waals surface area contributed by atoms with Gasteiger partial charge in [0.2, 0.25) is 5.95 Å². The maximum atomic E-state index is 4.54. The predicted octanol–water partition coefficient (Wildman–Crippen LogP) is 2.86. The van der Waals surface area contributed by atoms with Crippen LogP contribution in [0.5, 0.6) is 0 Å². The lowest BCUT2D eigenvalue weighted by atomic mass is 10.1. The first kappa shape index (κ1) is 13.2. The molecule has 1 N–H and O–H groups in total. The molecule has 0 fully saturated rings. The Balaban J connectivity index is 3.27. The van der Waals surface area contributed by atoms with Crippen LogP contribution in [-0.4, -0.2) is 30.6 Å². The van der Waals surface area contributed by atoms with Gasteiger partial charge in [-0.15, -0.1) is 0 Å². The van der Waals surface area contributed by atoms with Gasteiger partial charge >= 0.3 is 0 Å². The van der Waals surface area contributed by atoms with E-state index in [0.717, 1.165) is 28.5 Å². The van der Waals surface area contributed by atoms with Crippen LogP contribution in [-0.2, 0) is 0 Å². The molecule has 5 heteroatoms. The Morgan fingerprint density at radius 3 is 2.38 bits per heavy atom. The third-order valence-electron chi connectivity index (χ3n) is 2.16. The molecular formula is C11H19BrN4. The quantitative estimate of drug-likeness (QED) is 0.924. The molecule has 0 atom stereocenters. The molecule has 1 aromatic rings. The Morgan fingerprint density at radius 2 is 1.94 bits per heavy atom. The fraction of sp³-hybridized carbons (Fsp3) is 0.636. The number of rotatable bonds is 4. The molecule has 0 spiro atoms. The van der Waals surface area contributed by atoms with E-state index in [1.165, 1.54) is 0 Å². The van der Waals surface area contributed by atoms with Crippen LogP contribution in [0.1, 0.15) is 32.4 Å². The molecule has 1 rings (SSSR count). The Bertz CT molecular complexity index is 363. The maximum absolute atomic E-state index is 4.54. The summed E-state index contributed by atoms with van der Waals surface area (Å²) in [6.45, 7) is 7.16. The smallest absolute Gasteiger partial charge is 0.227 e. The molecule has 0 radical (unpaired) electrons. The van der Waals surface area contributed by atoms with Crippen LogP contribution < -0.4 is 10.2 Å². The number of hydrogen-bond acceptors (Lipinski definition) is 4. The first-order chi connectivity index (χ1) is 7.47. The second-order valence-corrected chi connectivity index (χ2v) is 4.94. The number of nitrogens with one attached hydrogen (secondary N) is 1. The van der Waals surface area contributed by atoms with Crippen molar-refractivity contribution < 1.29 is 0 Å². The van der Waals surface area contributed by atoms with E-state index < -0.39 is 0 Å². The van der Waals surface area contributed by atoms with Gasteiger partial charge < -0.3 is 10.2 Å². The van der Waals surface area contributed by atoms with E-state index in [4.69, 9.17) is 0 Å². The fourth-order valence-corrected chi connectivity index (χ4v) is 2.09. The summed E-state index contributed by atoms with van der Waals surface area (Å²) in [7, 11) is 3.89. The van der Waals surface area contributed by atoms with E-state index in [9.17, 15) is 0 Å². The van der Waals surface area contributed by atoms with E-state index in [0.29, 0.717) is 5.92 Å². The van der Waals surface area contributed by atoms with E-state index in [2.05, 4.69) is 52.0 Å². The molecule has 0 aliphatic heterocycles. The Labute approximate surface area is 106 Å². The van der Waals surface area contributed by atoms with Gasteiger partial charge in [-0.1, -0.05) is 13.8 Å². The molecule has 16 heavy (non-hydrogen) atoms. The third kappa shape index (κ3) is 2.84. The summed E-state index contributed by atoms with van der Waals surface area (Å²) >= 11 is 3.56. The van der Waals surface area contributed by atoms with Gasteiger partial charge in [0.25, 0.3) is 0 Å². The highest BCUT2D eigenvalue weighted by molar-refractivity contribution is 9.10. The standard InChI is InChI=1S/C11H19BrN4/c1-6-13-10-8(12)9(7(2)3)14-11(15-10)16(4)5/h7H,6H2,1-5H3,(H,13,14,15). The largest absolute Gasteiger partial charge is 0.369 e. The van der Waals surface area contributed by atoms with Gasteiger partial charge in [-0.3, -0.25) is 0 Å². The van der Waals surface area contributed by atoms with Gasteiger partial charge in [-0.2, -0.15) is 4.98 Å². The summed E-state index contributed by atoms with van der Waals surface area (Å²) in [5.41, 5.74) is 1.04. The number of aromatic nitrogens is 2. The van der Waals surface area contributed by atoms with Crippen molar-refractivity contribution >= 4 is 27.7 Å². The Morgan fingerprint density at radius 1 is 1.31 bits per heavy atom. The third-order valence-corrected chi connectivity index (χ3v) is 2.94. The Hall–Kier alpha value is -0.840. The van der Waals surface area contributed by atoms with Crippen molar-refractivity contribution in [1.82, 2.24) is 9.97 Å². The van der Waals surface area contributed by atoms with Crippen molar-refractivity contribution in [2.75, 3.05) is 30.9 Å². The number of halogens is 1. The van der Waals surface area contributed by atoms with Crippen LogP contribution in [0, 0.1) is 0 Å². The van der Waals surface area contributed by atoms with Gasteiger partial charge in [-0.05, 0) is 28.8 Å². The first-order valence-corrected chi connectivity index (χ1v) is 6.25. The molecule has 0 saturated carbocycles. The minimum absolute atomic E-state index is 0.369. The molecule has 0 amide bonds. The lowest BCUT2D eigenvalue weighted by Gasteiger charge is -2.17. The minimum atomic E-state index is 0.369. The summed E-state index contributed by atoms with van der Waals surface area (Å²) in [6.07, 6.45) is 0. The molecule has 0 aliphatic rings. The van der Waals surface area contributed by atoms with Gasteiger partial charge in [0.05, 0.1) is 10.2 Å². The average Bonchev–Trinajstić information content (AvgIpc) is 2.20. The topological polar surface area (TPSA) is 41.1 Å². The molecule has 90 valence electrons. The van der Waals surface area contributed by atoms with E-state index in [-0.39, 0.29) is 0 Å². The average molecular weight is 287 g/mol. The van der Waals surface area contributed by atoms with Gasteiger partial charge in [0, 0.05) is 20.6 Å². The van der Waals surface area contributed by atoms with Gasteiger partial charge in [0.15, 0.2) is 0 Å². The van der Waals surface area contributed by atoms with Crippen LogP contribution in [0.2, 0.25) is 0 Å². The zero-order valence-corrected chi connectivity index (χ0v) is 12.1. The molecular weight excluding hydrogens is 268 g/mol. The maximum Gasteiger partial charge on any atom is 0.227 e. The van der Waals surface area contributed by atoms with Gasteiger partial charge in [0.1, 0.15) is 5.82 Å². The molecule has 0 unspecified atom stereocenters. The summed E-state index contributed by atoms with van der Waals surface area (Å²) < 4.78 is 0.968. The molecule has 0 bridgehead atoms. The highest BCUT2D eigenvalue weighted by atomic mass is 79.9. The van der Waals surface area contributed by atoms with E-state index in [1.807, 2.05) is 19.0 Å². The summed E-state index contributed by atoms with van der Waals surface area (Å²) in [4.78, 5) is 10.9. The zero-order chi connectivity index (χ0) is 12.3. The lowest BCUT2D eigenvalue weighted by molar-refractivity contribution is 0.799. The molecule has 4 nitrogen and oxygen atoms in total. The fourth-order valence-electron chi connectivity index (χ4n) is 1.32. The van der Waals surface area contributed by atoms with Crippen molar-refractivity contribution in [2.24, 2.45) is 0 Å². The van der Waals surface area contributed by atoms with Crippen LogP contribution in [0.3, 0.4) is 0 Å². The van der Waals surface area contributed by atoms with Gasteiger partial charge in [-0.25, -0.2) is 4.98 Å². The van der Waals surface area contributed by atoms with Crippen molar-refractivity contribution in [2.45, 2.75) is 26.7 Å². The monoisotopic (exact) mass is 286 g/mol. The lowest BCUT2D eigenvalue weighted by Crippen LogP contribution is -2.16. The summed E-state index contributed by atoms with van der Waals surface area (Å²) in [5, 5.41) is 3.24. The normalized spacial score (nSPS) is 10.7. The van der Waals surface area contributed by atoms with Crippen molar-refractivity contribution in [3.63, 3.8) is 0 Å². The predicted molar refractivity (Wildman–Crippen MR) is 72.3 cm³/mol. The zero-order valence-electron chi connectivity index (χ0n) is 10.5. The SMILES string of the molecule is CCNc1nc(N(C)C)nc(C(C)C)c1Br. The van der Waals surface area contributed by atoms with Crippen LogP contribution >= 0.6 is 15.9 Å². The molecule has 0 aromatic carbocycles. The molecule has 0 aliphatic carbocycles. The van der Waals surface area contributed by atoms with Crippen LogP contribution in [0.15, 0.2) is 4.47 Å². The van der Waals surface area contributed by atoms with Crippen molar-refractivity contribution in [1.29, 1.82) is 0 Å². The second-order valence-electron chi connectivity index (χ2n) is 4.15. The Kier molecular flexibility index (Phi) is 4.53. The van der Waals surface area contributed by atoms with E-state index in [1.54, 1.807) is 0 Å². The van der Waals surface area contributed by atoms with Crippen LogP contribution in [0.4, 0.5) is 11.8 Å². The first-order valence-electron chi connectivity index (χ1n) is 5.46. The second kappa shape index (κ2) is 5.48. The van der Waals surface area contributed by atoms with Crippen molar-refractivity contribution in [3.05, 3.63) is 10.2 Å². The molecule has 0 saturated heterocycles. The minimum Gasteiger partial charge on any atom is -0.369 e. The number of nitrogens with zero attached hydrogens (tertiary/aromatic N) is 3. The van der Waals surface area contributed by atoms with Crippen molar-refractivity contribution in [3.8, 4) is 0 Å². The molecule has 1 aromatic heterocycles. The highest BCUT2D eigenvalue weighted by Crippen LogP contribution is 2.30. The summed E-state index contributed by atoms with van der Waals surface area (Å²) in [6, 6.07) is 0. The highest BCUT2D eigenvalue weighted by Gasteiger charge is 2.15. The summed E-state index contributed by atoms with van der Waals surface area (Å²) in [5.74, 6) is 1.97. The number of hydrogen-bond donors (Lipinski definition) is 1.